The van der Waals surface area contributed by atoms with Gasteiger partial charge in [0.25, 0.3) is 0 Å². The van der Waals surface area contributed by atoms with Crippen molar-refractivity contribution in [3.05, 3.63) is 53.6 Å². The average molecular weight is 380 g/mol. The molecule has 0 spiro atoms. The number of rotatable bonds is 5. The van der Waals surface area contributed by atoms with Gasteiger partial charge in [0.05, 0.1) is 31.7 Å². The number of anilines is 1. The van der Waals surface area contributed by atoms with Crippen LogP contribution in [0.5, 0.6) is 11.5 Å². The molecule has 2 unspecified atom stereocenters. The lowest BCUT2D eigenvalue weighted by Gasteiger charge is -2.29. The van der Waals surface area contributed by atoms with Crippen LogP contribution < -0.4 is 14.8 Å². The van der Waals surface area contributed by atoms with Gasteiger partial charge in [-0.2, -0.15) is 0 Å². The van der Waals surface area contributed by atoms with Crippen molar-refractivity contribution in [2.75, 3.05) is 26.1 Å². The Balaban J connectivity index is 1.39. The van der Waals surface area contributed by atoms with E-state index >= 15 is 0 Å². The minimum Gasteiger partial charge on any atom is -0.497 e. The van der Waals surface area contributed by atoms with Crippen LogP contribution >= 0.6 is 0 Å². The maximum absolute atomic E-state index is 12.9. The number of amides is 2. The molecule has 2 aliphatic rings. The summed E-state index contributed by atoms with van der Waals surface area (Å²) in [6.07, 6.45) is 1.46. The molecule has 1 heterocycles. The number of hydrogen-bond donors (Lipinski definition) is 1. The number of benzene rings is 2. The second-order valence-corrected chi connectivity index (χ2v) is 7.28. The molecule has 4 rings (SSSR count). The Labute approximate surface area is 164 Å². The van der Waals surface area contributed by atoms with Crippen LogP contribution in [0, 0.1) is 11.8 Å². The number of fused-ring (bicyclic) bond motifs is 1. The molecule has 2 amide bonds. The first-order valence-corrected chi connectivity index (χ1v) is 9.49. The average Bonchev–Trinajstić information content (AvgIpc) is 3.54. The van der Waals surface area contributed by atoms with Crippen molar-refractivity contribution in [1.29, 1.82) is 0 Å². The summed E-state index contributed by atoms with van der Waals surface area (Å²) in [7, 11) is 3.12. The highest BCUT2D eigenvalue weighted by molar-refractivity contribution is 6.00. The Kier molecular flexibility index (Phi) is 4.94. The fourth-order valence-corrected chi connectivity index (χ4v) is 3.81. The summed E-state index contributed by atoms with van der Waals surface area (Å²) < 4.78 is 10.5. The SMILES string of the molecule is COc1ccc(OC)c(NC(=O)C2CC2C(=O)N2CCc3ccccc3C2)c1. The first-order chi connectivity index (χ1) is 13.6. The van der Waals surface area contributed by atoms with Gasteiger partial charge in [0, 0.05) is 19.2 Å². The van der Waals surface area contributed by atoms with Gasteiger partial charge < -0.3 is 19.7 Å². The Bertz CT molecular complexity index is 911. The summed E-state index contributed by atoms with van der Waals surface area (Å²) in [5, 5.41) is 2.89. The molecule has 1 saturated carbocycles. The van der Waals surface area contributed by atoms with Gasteiger partial charge in [-0.05, 0) is 36.1 Å². The largest absolute Gasteiger partial charge is 0.497 e. The van der Waals surface area contributed by atoms with Gasteiger partial charge >= 0.3 is 0 Å². The molecule has 0 radical (unpaired) electrons. The topological polar surface area (TPSA) is 67.9 Å². The van der Waals surface area contributed by atoms with Crippen LogP contribution in [0.3, 0.4) is 0 Å². The van der Waals surface area contributed by atoms with E-state index in [0.717, 1.165) is 6.42 Å². The molecule has 6 heteroatoms. The summed E-state index contributed by atoms with van der Waals surface area (Å²) >= 11 is 0. The van der Waals surface area contributed by atoms with Crippen LogP contribution in [0.1, 0.15) is 17.5 Å². The van der Waals surface area contributed by atoms with Crippen molar-refractivity contribution in [2.24, 2.45) is 11.8 Å². The van der Waals surface area contributed by atoms with Crippen LogP contribution in [0.15, 0.2) is 42.5 Å². The first-order valence-electron chi connectivity index (χ1n) is 9.49. The van der Waals surface area contributed by atoms with E-state index < -0.39 is 0 Å². The molecular weight excluding hydrogens is 356 g/mol. The van der Waals surface area contributed by atoms with Crippen molar-refractivity contribution in [2.45, 2.75) is 19.4 Å². The van der Waals surface area contributed by atoms with Crippen molar-refractivity contribution in [3.63, 3.8) is 0 Å². The molecule has 0 bridgehead atoms. The smallest absolute Gasteiger partial charge is 0.228 e. The minimum absolute atomic E-state index is 0.0762. The van der Waals surface area contributed by atoms with Crippen LogP contribution in [-0.2, 0) is 22.6 Å². The van der Waals surface area contributed by atoms with Crippen LogP contribution in [-0.4, -0.2) is 37.5 Å². The number of nitrogens with zero attached hydrogens (tertiary/aromatic N) is 1. The molecular formula is C22H24N2O4. The van der Waals surface area contributed by atoms with Gasteiger partial charge in [-0.3, -0.25) is 9.59 Å². The number of hydrogen-bond acceptors (Lipinski definition) is 4. The molecule has 6 nitrogen and oxygen atoms in total. The highest BCUT2D eigenvalue weighted by Gasteiger charge is 2.49. The van der Waals surface area contributed by atoms with Crippen LogP contribution in [0.25, 0.3) is 0 Å². The molecule has 28 heavy (non-hydrogen) atoms. The van der Waals surface area contributed by atoms with E-state index in [2.05, 4.69) is 17.4 Å². The van der Waals surface area contributed by atoms with Gasteiger partial charge in [-0.1, -0.05) is 24.3 Å². The molecule has 2 aromatic carbocycles. The third-order valence-corrected chi connectivity index (χ3v) is 5.55. The number of carbonyl (C=O) groups is 2. The predicted octanol–water partition coefficient (Wildman–Crippen LogP) is 2.86. The zero-order valence-corrected chi connectivity index (χ0v) is 16.1. The van der Waals surface area contributed by atoms with Crippen molar-refractivity contribution >= 4 is 17.5 Å². The highest BCUT2D eigenvalue weighted by atomic mass is 16.5. The second-order valence-electron chi connectivity index (χ2n) is 7.28. The molecule has 1 N–H and O–H groups in total. The maximum atomic E-state index is 12.9. The Morgan fingerprint density at radius 3 is 2.57 bits per heavy atom. The normalized spacial score (nSPS) is 20.1. The molecule has 2 atom stereocenters. The standard InChI is InChI=1S/C22H24N2O4/c1-27-16-7-8-20(28-2)19(11-16)23-21(25)17-12-18(17)22(26)24-10-9-14-5-3-4-6-15(14)13-24/h3-8,11,17-18H,9-10,12-13H2,1-2H3,(H,23,25). The Hall–Kier alpha value is -3.02. The molecule has 1 aliphatic heterocycles. The third-order valence-electron chi connectivity index (χ3n) is 5.55. The van der Waals surface area contributed by atoms with Gasteiger partial charge in [0.2, 0.25) is 11.8 Å². The van der Waals surface area contributed by atoms with E-state index in [9.17, 15) is 9.59 Å². The third kappa shape index (κ3) is 3.54. The number of ether oxygens (including phenoxy) is 2. The number of carbonyl (C=O) groups excluding carboxylic acids is 2. The lowest BCUT2D eigenvalue weighted by molar-refractivity contribution is -0.135. The van der Waals surface area contributed by atoms with Crippen LogP contribution in [0.4, 0.5) is 5.69 Å². The molecule has 1 fully saturated rings. The Morgan fingerprint density at radius 2 is 1.82 bits per heavy atom. The predicted molar refractivity (Wildman–Crippen MR) is 105 cm³/mol. The summed E-state index contributed by atoms with van der Waals surface area (Å²) in [6.45, 7) is 1.34. The van der Waals surface area contributed by atoms with E-state index in [0.29, 0.717) is 36.7 Å². The molecule has 146 valence electrons. The van der Waals surface area contributed by atoms with E-state index in [1.807, 2.05) is 17.0 Å². The molecule has 2 aromatic rings. The fourth-order valence-electron chi connectivity index (χ4n) is 3.81. The summed E-state index contributed by atoms with van der Waals surface area (Å²) in [6, 6.07) is 13.5. The second kappa shape index (κ2) is 7.54. The molecule has 1 aliphatic carbocycles. The fraction of sp³-hybridized carbons (Fsp3) is 0.364. The van der Waals surface area contributed by atoms with Gasteiger partial charge in [0.1, 0.15) is 11.5 Å². The maximum Gasteiger partial charge on any atom is 0.228 e. The van der Waals surface area contributed by atoms with E-state index in [1.165, 1.54) is 11.1 Å². The minimum atomic E-state index is -0.291. The lowest BCUT2D eigenvalue weighted by Crippen LogP contribution is -2.37. The van der Waals surface area contributed by atoms with Gasteiger partial charge in [-0.25, -0.2) is 0 Å². The van der Waals surface area contributed by atoms with E-state index in [4.69, 9.17) is 9.47 Å². The summed E-state index contributed by atoms with van der Waals surface area (Å²) in [4.78, 5) is 27.4. The van der Waals surface area contributed by atoms with E-state index in [1.54, 1.807) is 32.4 Å². The molecule has 0 saturated heterocycles. The lowest BCUT2D eigenvalue weighted by atomic mass is 9.99. The quantitative estimate of drug-likeness (QED) is 0.866. The molecule has 0 aromatic heterocycles. The number of nitrogens with one attached hydrogen (secondary N) is 1. The van der Waals surface area contributed by atoms with Crippen molar-refractivity contribution < 1.29 is 19.1 Å². The van der Waals surface area contributed by atoms with Gasteiger partial charge in [0.15, 0.2) is 0 Å². The summed E-state index contributed by atoms with van der Waals surface area (Å²) in [5.74, 6) is 0.592. The van der Waals surface area contributed by atoms with Crippen LogP contribution in [0.2, 0.25) is 0 Å². The van der Waals surface area contributed by atoms with Gasteiger partial charge in [-0.15, -0.1) is 0 Å². The van der Waals surface area contributed by atoms with Crippen molar-refractivity contribution in [3.8, 4) is 11.5 Å². The first kappa shape index (κ1) is 18.3. The van der Waals surface area contributed by atoms with Crippen molar-refractivity contribution in [1.82, 2.24) is 4.90 Å². The highest BCUT2D eigenvalue weighted by Crippen LogP contribution is 2.42. The van der Waals surface area contributed by atoms with E-state index in [-0.39, 0.29) is 23.7 Å². The summed E-state index contributed by atoms with van der Waals surface area (Å²) in [5.41, 5.74) is 3.06. The monoisotopic (exact) mass is 380 g/mol. The number of methoxy groups -OCH3 is 2. The Morgan fingerprint density at radius 1 is 1.04 bits per heavy atom. The zero-order valence-electron chi connectivity index (χ0n) is 16.1. The zero-order chi connectivity index (χ0) is 19.7.